The summed E-state index contributed by atoms with van der Waals surface area (Å²) < 4.78 is 26.2. The van der Waals surface area contributed by atoms with Crippen molar-refractivity contribution in [2.24, 2.45) is 0 Å². The molecule has 2 rings (SSSR count). The molecule has 2 aromatic heterocycles. The third-order valence-electron chi connectivity index (χ3n) is 2.19. The molecular formula is C9H9F2N3S. The van der Waals surface area contributed by atoms with Gasteiger partial charge in [0.1, 0.15) is 0 Å². The van der Waals surface area contributed by atoms with Crippen molar-refractivity contribution >= 4 is 23.4 Å². The maximum absolute atomic E-state index is 12.3. The minimum absolute atomic E-state index is 0.284. The summed E-state index contributed by atoms with van der Waals surface area (Å²) in [6.45, 7) is 1.46. The van der Waals surface area contributed by atoms with Crippen LogP contribution in [0, 0.1) is 11.7 Å². The number of imidazole rings is 1. The fraction of sp³-hybridized carbons (Fsp3) is 0.333. The number of aryl methyl sites for hydroxylation is 1. The summed E-state index contributed by atoms with van der Waals surface area (Å²) in [5, 5.41) is 0. The molecule has 80 valence electrons. The number of pyridine rings is 1. The van der Waals surface area contributed by atoms with Crippen LogP contribution in [0.2, 0.25) is 0 Å². The molecule has 2 heterocycles. The van der Waals surface area contributed by atoms with E-state index in [0.717, 1.165) is 11.1 Å². The molecule has 0 spiro atoms. The van der Waals surface area contributed by atoms with Crippen LogP contribution in [0.3, 0.4) is 0 Å². The van der Waals surface area contributed by atoms with Crippen LogP contribution >= 0.6 is 12.2 Å². The fourth-order valence-electron chi connectivity index (χ4n) is 1.48. The van der Waals surface area contributed by atoms with E-state index in [-0.39, 0.29) is 4.77 Å². The Balaban J connectivity index is 2.69. The van der Waals surface area contributed by atoms with Crippen LogP contribution in [-0.2, 0) is 6.54 Å². The number of rotatable bonds is 2. The van der Waals surface area contributed by atoms with Gasteiger partial charge in [0.15, 0.2) is 10.4 Å². The largest absolute Gasteiger partial charge is 0.329 e. The van der Waals surface area contributed by atoms with E-state index in [1.807, 2.05) is 6.92 Å². The molecule has 15 heavy (non-hydrogen) atoms. The Morgan fingerprint density at radius 1 is 1.60 bits per heavy atom. The molecule has 0 fully saturated rings. The zero-order valence-corrected chi connectivity index (χ0v) is 8.81. The van der Waals surface area contributed by atoms with Gasteiger partial charge in [-0.15, -0.1) is 0 Å². The monoisotopic (exact) mass is 229 g/mol. The standard InChI is InChI=1S/C9H9F2N3S/c1-5-2-3-12-8-7(5)13-9(15)14(8)4-6(10)11/h2-3,6H,4H2,1H3,(H,13,15). The third-order valence-corrected chi connectivity index (χ3v) is 2.52. The molecule has 6 heteroatoms. The second-order valence-corrected chi connectivity index (χ2v) is 3.64. The van der Waals surface area contributed by atoms with E-state index in [1.54, 1.807) is 12.3 Å². The second-order valence-electron chi connectivity index (χ2n) is 3.26. The summed E-state index contributed by atoms with van der Waals surface area (Å²) in [7, 11) is 0. The fourth-order valence-corrected chi connectivity index (χ4v) is 1.74. The van der Waals surface area contributed by atoms with Gasteiger partial charge in [-0.1, -0.05) is 0 Å². The van der Waals surface area contributed by atoms with Crippen LogP contribution in [0.15, 0.2) is 12.3 Å². The number of aromatic nitrogens is 3. The van der Waals surface area contributed by atoms with Crippen LogP contribution in [0.4, 0.5) is 8.78 Å². The van der Waals surface area contributed by atoms with Crippen LogP contribution in [0.5, 0.6) is 0 Å². The molecular weight excluding hydrogens is 220 g/mol. The first kappa shape index (κ1) is 10.2. The maximum Gasteiger partial charge on any atom is 0.256 e. The van der Waals surface area contributed by atoms with Crippen LogP contribution in [-0.4, -0.2) is 21.0 Å². The van der Waals surface area contributed by atoms with Gasteiger partial charge in [-0.05, 0) is 30.8 Å². The van der Waals surface area contributed by atoms with Gasteiger partial charge in [0.25, 0.3) is 6.43 Å². The summed E-state index contributed by atoms with van der Waals surface area (Å²) >= 11 is 4.97. The molecule has 2 aromatic rings. The normalized spacial score (nSPS) is 11.5. The Morgan fingerprint density at radius 2 is 2.33 bits per heavy atom. The smallest absolute Gasteiger partial charge is 0.256 e. The highest BCUT2D eigenvalue weighted by atomic mass is 32.1. The summed E-state index contributed by atoms with van der Waals surface area (Å²) in [5.74, 6) is 0. The number of aromatic amines is 1. The summed E-state index contributed by atoms with van der Waals surface area (Å²) in [5.41, 5.74) is 2.16. The van der Waals surface area contributed by atoms with E-state index in [0.29, 0.717) is 5.65 Å². The number of H-pyrrole nitrogens is 1. The number of fused-ring (bicyclic) bond motifs is 1. The quantitative estimate of drug-likeness (QED) is 0.803. The van der Waals surface area contributed by atoms with Crippen molar-refractivity contribution in [1.29, 1.82) is 0 Å². The number of halogens is 2. The first-order valence-electron chi connectivity index (χ1n) is 4.42. The molecule has 0 unspecified atom stereocenters. The van der Waals surface area contributed by atoms with E-state index in [9.17, 15) is 8.78 Å². The minimum atomic E-state index is -2.43. The maximum atomic E-state index is 12.3. The van der Waals surface area contributed by atoms with E-state index >= 15 is 0 Å². The van der Waals surface area contributed by atoms with Gasteiger partial charge in [0.2, 0.25) is 0 Å². The third kappa shape index (κ3) is 1.77. The molecule has 0 radical (unpaired) electrons. The summed E-state index contributed by atoms with van der Waals surface area (Å²) in [6.07, 6.45) is -0.847. The first-order chi connectivity index (χ1) is 7.09. The van der Waals surface area contributed by atoms with E-state index < -0.39 is 13.0 Å². The van der Waals surface area contributed by atoms with Crippen molar-refractivity contribution in [2.75, 3.05) is 0 Å². The molecule has 0 saturated carbocycles. The Hall–Kier alpha value is -1.30. The molecule has 0 aliphatic carbocycles. The van der Waals surface area contributed by atoms with Crippen molar-refractivity contribution in [1.82, 2.24) is 14.5 Å². The lowest BCUT2D eigenvalue weighted by Crippen LogP contribution is -2.07. The van der Waals surface area contributed by atoms with E-state index in [2.05, 4.69) is 9.97 Å². The summed E-state index contributed by atoms with van der Waals surface area (Å²) in [6, 6.07) is 1.81. The molecule has 3 nitrogen and oxygen atoms in total. The van der Waals surface area contributed by atoms with E-state index in [4.69, 9.17) is 12.2 Å². The number of nitrogens with zero attached hydrogens (tertiary/aromatic N) is 2. The number of hydrogen-bond acceptors (Lipinski definition) is 2. The average Bonchev–Trinajstić information content (AvgIpc) is 2.45. The van der Waals surface area contributed by atoms with Crippen LogP contribution in [0.1, 0.15) is 5.56 Å². The van der Waals surface area contributed by atoms with Crippen molar-refractivity contribution in [3.05, 3.63) is 22.6 Å². The van der Waals surface area contributed by atoms with Gasteiger partial charge in [0, 0.05) is 6.20 Å². The highest BCUT2D eigenvalue weighted by Gasteiger charge is 2.11. The molecule has 0 aliphatic heterocycles. The Bertz CT molecular complexity index is 544. The molecule has 0 aliphatic rings. The van der Waals surface area contributed by atoms with Gasteiger partial charge in [-0.3, -0.25) is 4.57 Å². The lowest BCUT2D eigenvalue weighted by molar-refractivity contribution is 0.127. The zero-order valence-electron chi connectivity index (χ0n) is 8.00. The van der Waals surface area contributed by atoms with Crippen molar-refractivity contribution in [3.8, 4) is 0 Å². The number of nitrogens with one attached hydrogen (secondary N) is 1. The SMILES string of the molecule is Cc1ccnc2c1[nH]c(=S)n2CC(F)F. The molecule has 0 aromatic carbocycles. The minimum Gasteiger partial charge on any atom is -0.329 e. The Morgan fingerprint density at radius 3 is 3.00 bits per heavy atom. The van der Waals surface area contributed by atoms with Gasteiger partial charge >= 0.3 is 0 Å². The predicted octanol–water partition coefficient (Wildman–Crippen LogP) is 2.67. The molecule has 0 saturated heterocycles. The summed E-state index contributed by atoms with van der Waals surface area (Å²) in [4.78, 5) is 6.93. The predicted molar refractivity (Wildman–Crippen MR) is 55.7 cm³/mol. The molecule has 0 atom stereocenters. The Kier molecular flexibility index (Phi) is 2.52. The van der Waals surface area contributed by atoms with Crippen molar-refractivity contribution < 1.29 is 8.78 Å². The van der Waals surface area contributed by atoms with Gasteiger partial charge < -0.3 is 4.98 Å². The molecule has 1 N–H and O–H groups in total. The van der Waals surface area contributed by atoms with Gasteiger partial charge in [-0.25, -0.2) is 13.8 Å². The topological polar surface area (TPSA) is 33.6 Å². The first-order valence-corrected chi connectivity index (χ1v) is 4.82. The lowest BCUT2D eigenvalue weighted by atomic mass is 10.3. The van der Waals surface area contributed by atoms with Crippen molar-refractivity contribution in [3.63, 3.8) is 0 Å². The lowest BCUT2D eigenvalue weighted by Gasteiger charge is -2.02. The number of alkyl halides is 2. The average molecular weight is 229 g/mol. The Labute approximate surface area is 89.8 Å². The molecule has 0 bridgehead atoms. The second kappa shape index (κ2) is 3.69. The number of hydrogen-bond donors (Lipinski definition) is 1. The van der Waals surface area contributed by atoms with Crippen molar-refractivity contribution in [2.45, 2.75) is 19.9 Å². The van der Waals surface area contributed by atoms with Gasteiger partial charge in [0.05, 0.1) is 12.1 Å². The highest BCUT2D eigenvalue weighted by Crippen LogP contribution is 2.16. The molecule has 0 amide bonds. The van der Waals surface area contributed by atoms with Crippen LogP contribution in [0.25, 0.3) is 11.2 Å². The van der Waals surface area contributed by atoms with E-state index in [1.165, 1.54) is 4.57 Å². The highest BCUT2D eigenvalue weighted by molar-refractivity contribution is 7.71. The zero-order chi connectivity index (χ0) is 11.0. The van der Waals surface area contributed by atoms with Crippen LogP contribution < -0.4 is 0 Å². The van der Waals surface area contributed by atoms with Gasteiger partial charge in [-0.2, -0.15) is 0 Å².